The van der Waals surface area contributed by atoms with Crippen LogP contribution >= 0.6 is 0 Å². The van der Waals surface area contributed by atoms with E-state index in [2.05, 4.69) is 4.74 Å². The van der Waals surface area contributed by atoms with E-state index in [4.69, 9.17) is 0 Å². The zero-order valence-electron chi connectivity index (χ0n) is 13.7. The SMILES string of the molecule is O=[N+]([O-])[C@@H]1CN(Cc2ccccc2)C[C@H]1c1cccc(OC(F)(F)F)c1. The molecule has 5 nitrogen and oxygen atoms in total. The lowest BCUT2D eigenvalue weighted by atomic mass is 9.94. The summed E-state index contributed by atoms with van der Waals surface area (Å²) in [6.45, 7) is 1.20. The fourth-order valence-corrected chi connectivity index (χ4v) is 3.32. The van der Waals surface area contributed by atoms with Crippen LogP contribution in [0.15, 0.2) is 54.6 Å². The summed E-state index contributed by atoms with van der Waals surface area (Å²) < 4.78 is 41.2. The lowest BCUT2D eigenvalue weighted by Crippen LogP contribution is -2.28. The van der Waals surface area contributed by atoms with Crippen molar-refractivity contribution in [3.05, 3.63) is 75.8 Å². The number of nitrogens with zero attached hydrogens (tertiary/aromatic N) is 2. The van der Waals surface area contributed by atoms with E-state index in [9.17, 15) is 23.3 Å². The third kappa shape index (κ3) is 4.51. The van der Waals surface area contributed by atoms with Gasteiger partial charge < -0.3 is 4.74 Å². The molecule has 1 fully saturated rings. The van der Waals surface area contributed by atoms with Gasteiger partial charge in [-0.3, -0.25) is 15.0 Å². The van der Waals surface area contributed by atoms with Crippen LogP contribution in [0.2, 0.25) is 0 Å². The Bertz CT molecular complexity index is 768. The minimum Gasteiger partial charge on any atom is -0.406 e. The molecule has 1 aliphatic rings. The molecule has 2 atom stereocenters. The van der Waals surface area contributed by atoms with Gasteiger partial charge in [0.05, 0.1) is 12.5 Å². The van der Waals surface area contributed by atoms with Gasteiger partial charge in [0.1, 0.15) is 5.75 Å². The van der Waals surface area contributed by atoms with Gasteiger partial charge in [0.25, 0.3) is 0 Å². The highest BCUT2D eigenvalue weighted by molar-refractivity contribution is 5.33. The lowest BCUT2D eigenvalue weighted by molar-refractivity contribution is -0.521. The van der Waals surface area contributed by atoms with Crippen LogP contribution in [0.5, 0.6) is 5.75 Å². The molecule has 1 aliphatic heterocycles. The Balaban J connectivity index is 1.79. The minimum atomic E-state index is -4.80. The number of likely N-dealkylation sites (tertiary alicyclic amines) is 1. The molecule has 2 aromatic carbocycles. The number of benzene rings is 2. The maximum Gasteiger partial charge on any atom is 0.573 e. The van der Waals surface area contributed by atoms with Crippen molar-refractivity contribution in [1.82, 2.24) is 4.90 Å². The summed E-state index contributed by atoms with van der Waals surface area (Å²) in [4.78, 5) is 13.1. The van der Waals surface area contributed by atoms with E-state index in [1.807, 2.05) is 35.2 Å². The number of hydrogen-bond donors (Lipinski definition) is 0. The normalized spacial score (nSPS) is 20.9. The molecule has 0 radical (unpaired) electrons. The third-order valence-electron chi connectivity index (χ3n) is 4.40. The summed E-state index contributed by atoms with van der Waals surface area (Å²) in [6.07, 6.45) is -4.80. The summed E-state index contributed by atoms with van der Waals surface area (Å²) in [6, 6.07) is 14.1. The Kier molecular flexibility index (Phi) is 5.13. The van der Waals surface area contributed by atoms with E-state index in [1.165, 1.54) is 18.2 Å². The second-order valence-corrected chi connectivity index (χ2v) is 6.26. The molecule has 0 bridgehead atoms. The van der Waals surface area contributed by atoms with Crippen molar-refractivity contribution in [2.75, 3.05) is 13.1 Å². The molecule has 2 aromatic rings. The molecule has 0 unspecified atom stereocenters. The van der Waals surface area contributed by atoms with Crippen LogP contribution in [-0.4, -0.2) is 35.3 Å². The summed E-state index contributed by atoms with van der Waals surface area (Å²) >= 11 is 0. The molecule has 0 aromatic heterocycles. The van der Waals surface area contributed by atoms with E-state index < -0.39 is 18.3 Å². The maximum atomic E-state index is 12.4. The van der Waals surface area contributed by atoms with E-state index >= 15 is 0 Å². The average Bonchev–Trinajstić information content (AvgIpc) is 2.99. The molecule has 1 saturated heterocycles. The molecule has 1 heterocycles. The molecule has 3 rings (SSSR count). The first kappa shape index (κ1) is 18.2. The van der Waals surface area contributed by atoms with Crippen LogP contribution < -0.4 is 4.74 Å². The molecule has 138 valence electrons. The lowest BCUT2D eigenvalue weighted by Gasteiger charge is -2.16. The van der Waals surface area contributed by atoms with Crippen LogP contribution in [0, 0.1) is 10.1 Å². The Labute approximate surface area is 148 Å². The number of rotatable bonds is 5. The van der Waals surface area contributed by atoms with E-state index in [0.717, 1.165) is 5.56 Å². The quantitative estimate of drug-likeness (QED) is 0.596. The largest absolute Gasteiger partial charge is 0.573 e. The zero-order chi connectivity index (χ0) is 18.7. The van der Waals surface area contributed by atoms with Crippen molar-refractivity contribution in [1.29, 1.82) is 0 Å². The number of ether oxygens (including phenoxy) is 1. The van der Waals surface area contributed by atoms with Gasteiger partial charge in [-0.2, -0.15) is 0 Å². The molecule has 8 heteroatoms. The van der Waals surface area contributed by atoms with Gasteiger partial charge in [-0.05, 0) is 23.3 Å². The highest BCUT2D eigenvalue weighted by Gasteiger charge is 2.42. The van der Waals surface area contributed by atoms with Gasteiger partial charge in [-0.15, -0.1) is 13.2 Å². The monoisotopic (exact) mass is 366 g/mol. The molecule has 0 N–H and O–H groups in total. The molecule has 0 saturated carbocycles. The number of nitro groups is 1. The van der Waals surface area contributed by atoms with Gasteiger partial charge in [-0.1, -0.05) is 42.5 Å². The number of hydrogen-bond acceptors (Lipinski definition) is 4. The van der Waals surface area contributed by atoms with Gasteiger partial charge >= 0.3 is 6.36 Å². The van der Waals surface area contributed by atoms with E-state index in [-0.39, 0.29) is 17.2 Å². The number of alkyl halides is 3. The maximum absolute atomic E-state index is 12.4. The first-order chi connectivity index (χ1) is 12.3. The van der Waals surface area contributed by atoms with Crippen LogP contribution in [0.4, 0.5) is 13.2 Å². The molecule has 0 spiro atoms. The van der Waals surface area contributed by atoms with Gasteiger partial charge in [0.2, 0.25) is 6.04 Å². The Morgan fingerprint density at radius 3 is 2.50 bits per heavy atom. The first-order valence-corrected chi connectivity index (χ1v) is 8.07. The molecular weight excluding hydrogens is 349 g/mol. The predicted octanol–water partition coefficient (Wildman–Crippen LogP) is 3.83. The Morgan fingerprint density at radius 2 is 1.85 bits per heavy atom. The standard InChI is InChI=1S/C18H17F3N2O3/c19-18(20,21)26-15-8-4-7-14(9-15)16-11-22(12-17(16)23(24)25)10-13-5-2-1-3-6-13/h1-9,16-17H,10-12H2/t16-,17+/m0/s1. The summed E-state index contributed by atoms with van der Waals surface area (Å²) in [5.74, 6) is -0.857. The first-order valence-electron chi connectivity index (χ1n) is 8.07. The molecule has 26 heavy (non-hydrogen) atoms. The van der Waals surface area contributed by atoms with Crippen molar-refractivity contribution in [2.24, 2.45) is 0 Å². The fourth-order valence-electron chi connectivity index (χ4n) is 3.32. The smallest absolute Gasteiger partial charge is 0.406 e. The zero-order valence-corrected chi connectivity index (χ0v) is 13.7. The van der Waals surface area contributed by atoms with Crippen molar-refractivity contribution in [2.45, 2.75) is 24.9 Å². The van der Waals surface area contributed by atoms with Crippen LogP contribution in [0.3, 0.4) is 0 Å². The molecule has 0 aliphatic carbocycles. The topological polar surface area (TPSA) is 55.6 Å². The molecular formula is C18H17F3N2O3. The summed E-state index contributed by atoms with van der Waals surface area (Å²) in [5, 5.41) is 11.5. The van der Waals surface area contributed by atoms with Gasteiger partial charge in [-0.25, -0.2) is 0 Å². The van der Waals surface area contributed by atoms with Gasteiger partial charge in [0.15, 0.2) is 0 Å². The highest BCUT2D eigenvalue weighted by atomic mass is 19.4. The van der Waals surface area contributed by atoms with E-state index in [0.29, 0.717) is 18.7 Å². The van der Waals surface area contributed by atoms with E-state index in [1.54, 1.807) is 6.07 Å². The van der Waals surface area contributed by atoms with Crippen LogP contribution in [0.1, 0.15) is 17.0 Å². The van der Waals surface area contributed by atoms with Crippen molar-refractivity contribution in [3.8, 4) is 5.75 Å². The Hall–Kier alpha value is -2.61. The number of halogens is 3. The fraction of sp³-hybridized carbons (Fsp3) is 0.333. The summed E-state index contributed by atoms with van der Waals surface area (Å²) in [7, 11) is 0. The second-order valence-electron chi connectivity index (χ2n) is 6.26. The summed E-state index contributed by atoms with van der Waals surface area (Å²) in [5.41, 5.74) is 1.51. The average molecular weight is 366 g/mol. The Morgan fingerprint density at radius 1 is 1.12 bits per heavy atom. The predicted molar refractivity (Wildman–Crippen MR) is 88.4 cm³/mol. The van der Waals surface area contributed by atoms with Crippen molar-refractivity contribution >= 4 is 0 Å². The van der Waals surface area contributed by atoms with Crippen molar-refractivity contribution < 1.29 is 22.8 Å². The molecule has 0 amide bonds. The third-order valence-corrected chi connectivity index (χ3v) is 4.40. The van der Waals surface area contributed by atoms with Crippen molar-refractivity contribution in [3.63, 3.8) is 0 Å². The van der Waals surface area contributed by atoms with Gasteiger partial charge in [0, 0.05) is 18.0 Å². The minimum absolute atomic E-state index is 0.247. The van der Waals surface area contributed by atoms with Crippen LogP contribution in [-0.2, 0) is 6.54 Å². The van der Waals surface area contributed by atoms with Crippen LogP contribution in [0.25, 0.3) is 0 Å². The highest BCUT2D eigenvalue weighted by Crippen LogP contribution is 2.33. The second kappa shape index (κ2) is 7.33.